The monoisotopic (exact) mass is 267 g/mol. The summed E-state index contributed by atoms with van der Waals surface area (Å²) in [5.41, 5.74) is 0.477. The number of hydrogen-bond acceptors (Lipinski definition) is 5. The van der Waals surface area contributed by atoms with E-state index in [1.807, 2.05) is 0 Å². The Balaban J connectivity index is 2.92. The average Bonchev–Trinajstić information content (AvgIpc) is 2.36. The maximum atomic E-state index is 11.7. The van der Waals surface area contributed by atoms with Crippen molar-refractivity contribution in [2.45, 2.75) is 13.0 Å². The van der Waals surface area contributed by atoms with Gasteiger partial charge in [0.2, 0.25) is 5.91 Å². The molecule has 0 fully saturated rings. The first kappa shape index (κ1) is 14.7. The molecule has 1 atom stereocenters. The van der Waals surface area contributed by atoms with E-state index in [0.29, 0.717) is 5.69 Å². The minimum Gasteiger partial charge on any atom is -0.490 e. The van der Waals surface area contributed by atoms with Crippen molar-refractivity contribution in [2.24, 2.45) is 0 Å². The highest BCUT2D eigenvalue weighted by Crippen LogP contribution is 2.29. The van der Waals surface area contributed by atoms with Crippen LogP contribution in [0.5, 0.6) is 5.75 Å². The fourth-order valence-corrected chi connectivity index (χ4v) is 1.62. The van der Waals surface area contributed by atoms with E-state index in [4.69, 9.17) is 4.74 Å². The van der Waals surface area contributed by atoms with Crippen LogP contribution in [0, 0.1) is 10.1 Å². The summed E-state index contributed by atoms with van der Waals surface area (Å²) in [5.74, 6) is 0.0665. The minimum atomic E-state index is -0.517. The van der Waals surface area contributed by atoms with Gasteiger partial charge in [0.05, 0.1) is 12.0 Å². The fraction of sp³-hybridized carbons (Fsp3) is 0.417. The molecule has 1 aromatic carbocycles. The molecule has 0 saturated heterocycles. The molecule has 0 aromatic heterocycles. The Morgan fingerprint density at radius 2 is 2.11 bits per heavy atom. The van der Waals surface area contributed by atoms with E-state index in [1.54, 1.807) is 27.1 Å². The van der Waals surface area contributed by atoms with E-state index in [-0.39, 0.29) is 17.3 Å². The number of ether oxygens (including phenoxy) is 1. The molecule has 0 aliphatic rings. The van der Waals surface area contributed by atoms with E-state index in [9.17, 15) is 14.9 Å². The third kappa shape index (κ3) is 3.57. The predicted molar refractivity (Wildman–Crippen MR) is 71.4 cm³/mol. The van der Waals surface area contributed by atoms with E-state index in [0.717, 1.165) is 0 Å². The highest BCUT2D eigenvalue weighted by molar-refractivity contribution is 5.84. The summed E-state index contributed by atoms with van der Waals surface area (Å²) in [6.07, 6.45) is 0. The van der Waals surface area contributed by atoms with Crippen LogP contribution in [0.3, 0.4) is 0 Å². The van der Waals surface area contributed by atoms with Crippen molar-refractivity contribution in [1.29, 1.82) is 0 Å². The van der Waals surface area contributed by atoms with E-state index in [1.165, 1.54) is 24.1 Å². The van der Waals surface area contributed by atoms with E-state index in [2.05, 4.69) is 5.32 Å². The second kappa shape index (κ2) is 6.03. The Morgan fingerprint density at radius 1 is 1.47 bits per heavy atom. The van der Waals surface area contributed by atoms with Gasteiger partial charge in [0.25, 0.3) is 0 Å². The van der Waals surface area contributed by atoms with Gasteiger partial charge in [-0.05, 0) is 13.0 Å². The van der Waals surface area contributed by atoms with Crippen LogP contribution in [0.15, 0.2) is 18.2 Å². The number of anilines is 1. The summed E-state index contributed by atoms with van der Waals surface area (Å²) in [4.78, 5) is 23.4. The summed E-state index contributed by atoms with van der Waals surface area (Å²) in [6.45, 7) is 1.72. The highest BCUT2D eigenvalue weighted by Gasteiger charge is 2.18. The van der Waals surface area contributed by atoms with Crippen LogP contribution >= 0.6 is 0 Å². The number of benzene rings is 1. The molecule has 19 heavy (non-hydrogen) atoms. The number of carbonyl (C=O) groups is 1. The Morgan fingerprint density at radius 3 is 2.58 bits per heavy atom. The van der Waals surface area contributed by atoms with Crippen LogP contribution in [-0.4, -0.2) is 43.0 Å². The van der Waals surface area contributed by atoms with Crippen molar-refractivity contribution in [3.05, 3.63) is 28.3 Å². The van der Waals surface area contributed by atoms with Crippen LogP contribution in [0.1, 0.15) is 6.92 Å². The molecule has 1 amide bonds. The first-order chi connectivity index (χ1) is 8.86. The van der Waals surface area contributed by atoms with Gasteiger partial charge in [-0.15, -0.1) is 0 Å². The van der Waals surface area contributed by atoms with Gasteiger partial charge in [0, 0.05) is 31.9 Å². The summed E-state index contributed by atoms with van der Waals surface area (Å²) in [6, 6.07) is 3.95. The van der Waals surface area contributed by atoms with Crippen LogP contribution in [-0.2, 0) is 4.79 Å². The third-order valence-corrected chi connectivity index (χ3v) is 2.57. The molecule has 0 aliphatic heterocycles. The molecule has 0 radical (unpaired) electrons. The Bertz CT molecular complexity index is 488. The van der Waals surface area contributed by atoms with E-state index < -0.39 is 11.0 Å². The molecule has 1 rings (SSSR count). The van der Waals surface area contributed by atoms with Gasteiger partial charge < -0.3 is 15.0 Å². The molecule has 0 spiro atoms. The molecule has 7 nitrogen and oxygen atoms in total. The first-order valence-corrected chi connectivity index (χ1v) is 5.67. The van der Waals surface area contributed by atoms with Crippen LogP contribution in [0.2, 0.25) is 0 Å². The Hall–Kier alpha value is -2.31. The Labute approximate surface area is 111 Å². The fourth-order valence-electron chi connectivity index (χ4n) is 1.62. The normalized spacial score (nSPS) is 11.6. The summed E-state index contributed by atoms with van der Waals surface area (Å²) < 4.78 is 4.96. The number of methoxy groups -OCH3 is 1. The minimum absolute atomic E-state index is 0.0858. The van der Waals surface area contributed by atoms with Crippen molar-refractivity contribution in [3.8, 4) is 5.75 Å². The molecular weight excluding hydrogens is 250 g/mol. The van der Waals surface area contributed by atoms with Crippen molar-refractivity contribution < 1.29 is 14.5 Å². The van der Waals surface area contributed by atoms with Crippen molar-refractivity contribution in [2.75, 3.05) is 26.5 Å². The smallest absolute Gasteiger partial charge is 0.311 e. The lowest BCUT2D eigenvalue weighted by molar-refractivity contribution is -0.385. The summed E-state index contributed by atoms with van der Waals surface area (Å²) in [5, 5.41) is 13.7. The number of amides is 1. The molecule has 0 aliphatic carbocycles. The van der Waals surface area contributed by atoms with Gasteiger partial charge in [-0.1, -0.05) is 0 Å². The van der Waals surface area contributed by atoms with Gasteiger partial charge in [-0.3, -0.25) is 14.9 Å². The van der Waals surface area contributed by atoms with E-state index >= 15 is 0 Å². The van der Waals surface area contributed by atoms with Crippen molar-refractivity contribution in [3.63, 3.8) is 0 Å². The number of hydrogen-bond donors (Lipinski definition) is 1. The number of rotatable bonds is 5. The molecule has 7 heteroatoms. The van der Waals surface area contributed by atoms with Gasteiger partial charge in [0.15, 0.2) is 5.75 Å². The third-order valence-electron chi connectivity index (χ3n) is 2.57. The van der Waals surface area contributed by atoms with Gasteiger partial charge in [0.1, 0.15) is 6.04 Å². The SMILES string of the molecule is COc1cc(N[C@@H](C)C(=O)N(C)C)ccc1[N+](=O)[O-]. The quantitative estimate of drug-likeness (QED) is 0.645. The molecule has 0 bridgehead atoms. The lowest BCUT2D eigenvalue weighted by Gasteiger charge is -2.19. The summed E-state index contributed by atoms with van der Waals surface area (Å²) in [7, 11) is 4.69. The number of nitrogens with one attached hydrogen (secondary N) is 1. The number of carbonyl (C=O) groups excluding carboxylic acids is 1. The number of nitro benzene ring substituents is 1. The first-order valence-electron chi connectivity index (χ1n) is 5.67. The van der Waals surface area contributed by atoms with Crippen LogP contribution < -0.4 is 10.1 Å². The Kier molecular flexibility index (Phi) is 4.68. The zero-order valence-electron chi connectivity index (χ0n) is 11.3. The molecule has 104 valence electrons. The predicted octanol–water partition coefficient (Wildman–Crippen LogP) is 1.49. The molecule has 0 saturated carbocycles. The maximum absolute atomic E-state index is 11.7. The van der Waals surface area contributed by atoms with Crippen LogP contribution in [0.25, 0.3) is 0 Å². The maximum Gasteiger partial charge on any atom is 0.311 e. The lowest BCUT2D eigenvalue weighted by Crippen LogP contribution is -2.36. The van der Waals surface area contributed by atoms with Gasteiger partial charge in [-0.25, -0.2) is 0 Å². The second-order valence-corrected chi connectivity index (χ2v) is 4.24. The molecular formula is C12H17N3O4. The topological polar surface area (TPSA) is 84.7 Å². The largest absolute Gasteiger partial charge is 0.490 e. The lowest BCUT2D eigenvalue weighted by atomic mass is 10.2. The molecule has 0 unspecified atom stereocenters. The zero-order valence-corrected chi connectivity index (χ0v) is 11.3. The molecule has 1 N–H and O–H groups in total. The summed E-state index contributed by atoms with van der Waals surface area (Å²) >= 11 is 0. The standard InChI is InChI=1S/C12H17N3O4/c1-8(12(16)14(2)3)13-9-5-6-10(15(17)18)11(7-9)19-4/h5-8,13H,1-4H3/t8-/m0/s1. The van der Waals surface area contributed by atoms with Gasteiger partial charge in [-0.2, -0.15) is 0 Å². The number of nitro groups is 1. The number of nitrogens with zero attached hydrogens (tertiary/aromatic N) is 2. The molecule has 0 heterocycles. The van der Waals surface area contributed by atoms with Crippen LogP contribution in [0.4, 0.5) is 11.4 Å². The van der Waals surface area contributed by atoms with Gasteiger partial charge >= 0.3 is 5.69 Å². The number of likely N-dealkylation sites (N-methyl/N-ethyl adjacent to an activating group) is 1. The highest BCUT2D eigenvalue weighted by atomic mass is 16.6. The molecule has 1 aromatic rings. The second-order valence-electron chi connectivity index (χ2n) is 4.24. The van der Waals surface area contributed by atoms with Crippen molar-refractivity contribution in [1.82, 2.24) is 4.90 Å². The average molecular weight is 267 g/mol. The van der Waals surface area contributed by atoms with Crippen molar-refractivity contribution >= 4 is 17.3 Å². The zero-order chi connectivity index (χ0) is 14.6.